The number of fused-ring (bicyclic) bond motifs is 1. The summed E-state index contributed by atoms with van der Waals surface area (Å²) in [7, 11) is 0. The molecule has 4 N–H and O–H groups in total. The summed E-state index contributed by atoms with van der Waals surface area (Å²) in [4.78, 5) is 8.08. The molecule has 0 unspecified atom stereocenters. The van der Waals surface area contributed by atoms with Gasteiger partial charge in [-0.2, -0.15) is 20.3 Å². The van der Waals surface area contributed by atoms with Crippen LogP contribution >= 0.6 is 0 Å². The molecule has 0 amide bonds. The van der Waals surface area contributed by atoms with E-state index in [1.165, 1.54) is 18.3 Å². The fraction of sp³-hybridized carbons (Fsp3) is 0. The van der Waals surface area contributed by atoms with Crippen LogP contribution in [0.5, 0.6) is 11.6 Å². The molecule has 8 nitrogen and oxygen atoms in total. The van der Waals surface area contributed by atoms with Gasteiger partial charge in [0.2, 0.25) is 11.8 Å². The van der Waals surface area contributed by atoms with Crippen LogP contribution in [0.1, 0.15) is 5.56 Å². The molecule has 1 aromatic carbocycles. The van der Waals surface area contributed by atoms with Crippen LogP contribution in [0.25, 0.3) is 11.0 Å². The second-order valence-corrected chi connectivity index (χ2v) is 3.98. The number of nitrogens with two attached hydrogens (primary N) is 1. The van der Waals surface area contributed by atoms with Gasteiger partial charge in [-0.15, -0.1) is 0 Å². The van der Waals surface area contributed by atoms with Crippen LogP contribution < -0.4 is 16.0 Å². The van der Waals surface area contributed by atoms with Crippen LogP contribution in [-0.2, 0) is 0 Å². The third kappa shape index (κ3) is 2.31. The maximum atomic E-state index is 13.6. The number of H-pyrrole nitrogens is 1. The van der Waals surface area contributed by atoms with Gasteiger partial charge in [-0.05, 0) is 12.1 Å². The van der Waals surface area contributed by atoms with Gasteiger partial charge < -0.3 is 4.74 Å². The highest BCUT2D eigenvalue weighted by Crippen LogP contribution is 2.28. The van der Waals surface area contributed by atoms with Gasteiger partial charge in [-0.3, -0.25) is 10.5 Å². The number of nitrogens with one attached hydrogen (secondary N) is 2. The molecule has 2 heterocycles. The van der Waals surface area contributed by atoms with Gasteiger partial charge in [0.1, 0.15) is 23.0 Å². The fourth-order valence-electron chi connectivity index (χ4n) is 1.71. The maximum absolute atomic E-state index is 13.6. The number of hydrogen-bond donors (Lipinski definition) is 3. The van der Waals surface area contributed by atoms with Gasteiger partial charge in [-0.25, -0.2) is 10.2 Å². The van der Waals surface area contributed by atoms with Crippen molar-refractivity contribution in [3.63, 3.8) is 0 Å². The average molecular weight is 285 g/mol. The normalized spacial score (nSPS) is 10.3. The molecule has 0 radical (unpaired) electrons. The van der Waals surface area contributed by atoms with Crippen LogP contribution in [0, 0.1) is 17.1 Å². The Balaban J connectivity index is 2.03. The number of nitrogens with zero attached hydrogens (tertiary/aromatic N) is 4. The standard InChI is InChI=1S/C12H8FN7O/c13-9-3-7(2-1-6(9)4-14)21-11-8-5-16-20-10(8)17-12(18-11)19-15/h1-3,5H,15H2,(H2,16,17,18,19,20). The van der Waals surface area contributed by atoms with Crippen molar-refractivity contribution in [3.8, 4) is 17.7 Å². The summed E-state index contributed by atoms with van der Waals surface area (Å²) in [6.07, 6.45) is 1.48. The fourth-order valence-corrected chi connectivity index (χ4v) is 1.71. The Morgan fingerprint density at radius 2 is 2.24 bits per heavy atom. The lowest BCUT2D eigenvalue weighted by atomic mass is 10.2. The number of rotatable bonds is 3. The Hall–Kier alpha value is -3.25. The molecule has 0 aliphatic heterocycles. The molecule has 0 spiro atoms. The van der Waals surface area contributed by atoms with Crippen molar-refractivity contribution in [2.24, 2.45) is 5.84 Å². The number of aromatic nitrogens is 4. The molecule has 0 aliphatic rings. The minimum atomic E-state index is -0.676. The Bertz CT molecular complexity index is 854. The zero-order chi connectivity index (χ0) is 14.8. The molecule has 0 atom stereocenters. The molecule has 0 bridgehead atoms. The zero-order valence-electron chi connectivity index (χ0n) is 10.5. The zero-order valence-corrected chi connectivity index (χ0v) is 10.5. The molecule has 0 saturated heterocycles. The predicted octanol–water partition coefficient (Wildman–Crippen LogP) is 1.44. The molecule has 0 saturated carbocycles. The van der Waals surface area contributed by atoms with E-state index < -0.39 is 5.82 Å². The molecule has 3 aromatic rings. The van der Waals surface area contributed by atoms with E-state index in [1.807, 2.05) is 0 Å². The van der Waals surface area contributed by atoms with Crippen LogP contribution in [0.2, 0.25) is 0 Å². The Morgan fingerprint density at radius 1 is 1.38 bits per heavy atom. The van der Waals surface area contributed by atoms with Gasteiger partial charge in [0, 0.05) is 6.07 Å². The maximum Gasteiger partial charge on any atom is 0.242 e. The highest BCUT2D eigenvalue weighted by atomic mass is 19.1. The third-order valence-electron chi connectivity index (χ3n) is 2.68. The summed E-state index contributed by atoms with van der Waals surface area (Å²) in [5.74, 6) is 5.07. The van der Waals surface area contributed by atoms with Crippen LogP contribution in [0.3, 0.4) is 0 Å². The number of halogens is 1. The van der Waals surface area contributed by atoms with Gasteiger partial charge in [0.05, 0.1) is 11.8 Å². The molecule has 21 heavy (non-hydrogen) atoms. The van der Waals surface area contributed by atoms with Gasteiger partial charge >= 0.3 is 0 Å². The van der Waals surface area contributed by atoms with Crippen LogP contribution in [0.15, 0.2) is 24.4 Å². The number of aromatic amines is 1. The van der Waals surface area contributed by atoms with Crippen molar-refractivity contribution < 1.29 is 9.13 Å². The van der Waals surface area contributed by atoms with Crippen molar-refractivity contribution in [1.82, 2.24) is 20.2 Å². The lowest BCUT2D eigenvalue weighted by Gasteiger charge is -2.07. The van der Waals surface area contributed by atoms with Crippen molar-refractivity contribution >= 4 is 17.0 Å². The molecular weight excluding hydrogens is 277 g/mol. The Morgan fingerprint density at radius 3 is 2.95 bits per heavy atom. The first-order chi connectivity index (χ1) is 10.2. The Kier molecular flexibility index (Phi) is 3.06. The van der Waals surface area contributed by atoms with Crippen molar-refractivity contribution in [3.05, 3.63) is 35.8 Å². The predicted molar refractivity (Wildman–Crippen MR) is 70.7 cm³/mol. The summed E-state index contributed by atoms with van der Waals surface area (Å²) in [5, 5.41) is 15.7. The Labute approximate surface area is 117 Å². The number of benzene rings is 1. The first kappa shape index (κ1) is 12.8. The van der Waals surface area contributed by atoms with E-state index in [0.29, 0.717) is 11.0 Å². The van der Waals surface area contributed by atoms with E-state index in [-0.39, 0.29) is 23.1 Å². The number of ether oxygens (including phenoxy) is 1. The van der Waals surface area contributed by atoms with Crippen LogP contribution in [0.4, 0.5) is 10.3 Å². The monoisotopic (exact) mass is 285 g/mol. The topological polar surface area (TPSA) is 126 Å². The molecule has 3 rings (SSSR count). The lowest BCUT2D eigenvalue weighted by Crippen LogP contribution is -2.10. The molecular formula is C12H8FN7O. The molecule has 0 fully saturated rings. The number of nitriles is 1. The van der Waals surface area contributed by atoms with Gasteiger partial charge in [-0.1, -0.05) is 0 Å². The van der Waals surface area contributed by atoms with E-state index in [4.69, 9.17) is 15.8 Å². The van der Waals surface area contributed by atoms with E-state index in [1.54, 1.807) is 6.07 Å². The molecule has 104 valence electrons. The molecule has 2 aromatic heterocycles. The highest BCUT2D eigenvalue weighted by molar-refractivity contribution is 5.80. The summed E-state index contributed by atoms with van der Waals surface area (Å²) >= 11 is 0. The second kappa shape index (κ2) is 5.03. The van der Waals surface area contributed by atoms with Crippen molar-refractivity contribution in [1.29, 1.82) is 5.26 Å². The van der Waals surface area contributed by atoms with E-state index in [9.17, 15) is 4.39 Å². The van der Waals surface area contributed by atoms with Crippen molar-refractivity contribution in [2.75, 3.05) is 5.43 Å². The number of hydrogen-bond acceptors (Lipinski definition) is 7. The van der Waals surface area contributed by atoms with E-state index in [2.05, 4.69) is 25.6 Å². The minimum absolute atomic E-state index is 0.0668. The third-order valence-corrected chi connectivity index (χ3v) is 2.68. The minimum Gasteiger partial charge on any atom is -0.438 e. The summed E-state index contributed by atoms with van der Waals surface area (Å²) in [5.41, 5.74) is 2.65. The number of nitrogen functional groups attached to an aromatic ring is 1. The first-order valence-corrected chi connectivity index (χ1v) is 5.76. The van der Waals surface area contributed by atoms with Crippen LogP contribution in [-0.4, -0.2) is 20.2 Å². The average Bonchev–Trinajstić information content (AvgIpc) is 2.96. The summed E-state index contributed by atoms with van der Waals surface area (Å²) < 4.78 is 19.1. The molecule has 0 aliphatic carbocycles. The highest BCUT2D eigenvalue weighted by Gasteiger charge is 2.12. The quantitative estimate of drug-likeness (QED) is 0.491. The second-order valence-electron chi connectivity index (χ2n) is 3.98. The summed E-state index contributed by atoms with van der Waals surface area (Å²) in [6, 6.07) is 5.62. The van der Waals surface area contributed by atoms with Crippen molar-refractivity contribution in [2.45, 2.75) is 0 Å². The first-order valence-electron chi connectivity index (χ1n) is 5.76. The van der Waals surface area contributed by atoms with Gasteiger partial charge in [0.25, 0.3) is 0 Å². The SMILES string of the molecule is N#Cc1ccc(Oc2nc(NN)nc3[nH]ncc23)cc1F. The number of anilines is 1. The van der Waals surface area contributed by atoms with Gasteiger partial charge in [0.15, 0.2) is 5.65 Å². The lowest BCUT2D eigenvalue weighted by molar-refractivity contribution is 0.463. The molecule has 9 heteroatoms. The largest absolute Gasteiger partial charge is 0.438 e. The summed E-state index contributed by atoms with van der Waals surface area (Å²) in [6.45, 7) is 0. The smallest absolute Gasteiger partial charge is 0.242 e. The van der Waals surface area contributed by atoms with E-state index in [0.717, 1.165) is 6.07 Å². The van der Waals surface area contributed by atoms with E-state index >= 15 is 0 Å². The number of hydrazine groups is 1.